The van der Waals surface area contributed by atoms with Crippen molar-refractivity contribution in [2.45, 2.75) is 6.18 Å². The number of carbonyl (C=O) groups excluding carboxylic acids is 1. The van der Waals surface area contributed by atoms with Crippen LogP contribution >= 0.6 is 11.6 Å². The predicted octanol–water partition coefficient (Wildman–Crippen LogP) is 3.83. The molecule has 3 aromatic rings. The first-order chi connectivity index (χ1) is 15.9. The van der Waals surface area contributed by atoms with Crippen LogP contribution in [-0.4, -0.2) is 45.4 Å². The van der Waals surface area contributed by atoms with Gasteiger partial charge in [-0.2, -0.15) is 18.3 Å². The molecule has 0 aliphatic carbocycles. The molecule has 0 fully saturated rings. The molecule has 2 aromatic carbocycles. The lowest BCUT2D eigenvalue weighted by molar-refractivity contribution is -0.137. The predicted molar refractivity (Wildman–Crippen MR) is 123 cm³/mol. The van der Waals surface area contributed by atoms with Gasteiger partial charge in [-0.1, -0.05) is 17.7 Å². The Hall–Kier alpha value is -3.38. The normalized spacial score (nSPS) is 12.2. The number of aromatic nitrogens is 1. The average Bonchev–Trinajstić information content (AvgIpc) is 2.76. The number of ether oxygens (including phenoxy) is 1. The van der Waals surface area contributed by atoms with E-state index in [9.17, 15) is 26.4 Å². The van der Waals surface area contributed by atoms with E-state index in [1.807, 2.05) is 0 Å². The number of hydrazone groups is 1. The van der Waals surface area contributed by atoms with Crippen molar-refractivity contribution in [2.24, 2.45) is 5.10 Å². The third-order valence-corrected chi connectivity index (χ3v) is 5.99. The summed E-state index contributed by atoms with van der Waals surface area (Å²) in [5, 5.41) is 4.58. The molecule has 0 spiro atoms. The van der Waals surface area contributed by atoms with Gasteiger partial charge in [0.1, 0.15) is 17.4 Å². The van der Waals surface area contributed by atoms with Crippen LogP contribution in [0.25, 0.3) is 10.9 Å². The van der Waals surface area contributed by atoms with Crippen molar-refractivity contribution in [1.29, 1.82) is 0 Å². The Kier molecular flexibility index (Phi) is 7.32. The Bertz CT molecular complexity index is 1360. The van der Waals surface area contributed by atoms with E-state index in [0.29, 0.717) is 27.2 Å². The topological polar surface area (TPSA) is 101 Å². The van der Waals surface area contributed by atoms with Gasteiger partial charge in [0, 0.05) is 17.0 Å². The number of hydrogen-bond donors (Lipinski definition) is 1. The molecule has 1 aromatic heterocycles. The van der Waals surface area contributed by atoms with Crippen molar-refractivity contribution in [2.75, 3.05) is 24.2 Å². The largest absolute Gasteiger partial charge is 0.497 e. The number of sulfonamides is 1. The number of carbonyl (C=O) groups is 1. The van der Waals surface area contributed by atoms with Crippen molar-refractivity contribution in [3.63, 3.8) is 0 Å². The lowest BCUT2D eigenvalue weighted by atomic mass is 10.1. The lowest BCUT2D eigenvalue weighted by Gasteiger charge is -2.22. The Labute approximate surface area is 198 Å². The van der Waals surface area contributed by atoms with E-state index in [-0.39, 0.29) is 10.8 Å². The molecule has 13 heteroatoms. The average molecular weight is 515 g/mol. The van der Waals surface area contributed by atoms with E-state index >= 15 is 0 Å². The molecule has 1 amide bonds. The summed E-state index contributed by atoms with van der Waals surface area (Å²) in [6.45, 7) is -0.791. The van der Waals surface area contributed by atoms with Gasteiger partial charge in [-0.05, 0) is 36.4 Å². The fourth-order valence-electron chi connectivity index (χ4n) is 2.93. The first-order valence-corrected chi connectivity index (χ1v) is 11.7. The zero-order valence-electron chi connectivity index (χ0n) is 17.8. The van der Waals surface area contributed by atoms with E-state index in [0.717, 1.165) is 29.8 Å². The van der Waals surface area contributed by atoms with Crippen molar-refractivity contribution < 1.29 is 31.1 Å². The second-order valence-electron chi connectivity index (χ2n) is 7.04. The maximum atomic E-state index is 13.0. The molecule has 0 saturated heterocycles. The second-order valence-corrected chi connectivity index (χ2v) is 9.30. The fraction of sp³-hybridized carbons (Fsp3) is 0.190. The lowest BCUT2D eigenvalue weighted by Crippen LogP contribution is -2.39. The number of benzene rings is 2. The highest BCUT2D eigenvalue weighted by Crippen LogP contribution is 2.32. The van der Waals surface area contributed by atoms with Crippen LogP contribution < -0.4 is 14.5 Å². The molecule has 0 radical (unpaired) electrons. The highest BCUT2D eigenvalue weighted by molar-refractivity contribution is 7.92. The molecule has 0 aliphatic rings. The number of anilines is 1. The summed E-state index contributed by atoms with van der Waals surface area (Å²) in [7, 11) is -2.56. The van der Waals surface area contributed by atoms with Crippen LogP contribution in [0.1, 0.15) is 11.1 Å². The molecule has 0 aliphatic heterocycles. The Balaban J connectivity index is 1.76. The quantitative estimate of drug-likeness (QED) is 0.293. The summed E-state index contributed by atoms with van der Waals surface area (Å²) in [5.41, 5.74) is 1.73. The van der Waals surface area contributed by atoms with E-state index in [2.05, 4.69) is 15.5 Å². The van der Waals surface area contributed by atoms with E-state index < -0.39 is 34.2 Å². The molecule has 8 nitrogen and oxygen atoms in total. The molecule has 0 atom stereocenters. The first-order valence-electron chi connectivity index (χ1n) is 9.49. The number of rotatable bonds is 7. The minimum atomic E-state index is -4.68. The third-order valence-electron chi connectivity index (χ3n) is 4.55. The molecule has 34 heavy (non-hydrogen) atoms. The fourth-order valence-corrected chi connectivity index (χ4v) is 3.98. The number of methoxy groups -OCH3 is 1. The van der Waals surface area contributed by atoms with E-state index in [4.69, 9.17) is 16.3 Å². The molecule has 0 bridgehead atoms. The number of amides is 1. The van der Waals surface area contributed by atoms with Gasteiger partial charge < -0.3 is 4.74 Å². The summed E-state index contributed by atoms with van der Waals surface area (Å²) >= 11 is 6.15. The van der Waals surface area contributed by atoms with Gasteiger partial charge >= 0.3 is 6.18 Å². The third kappa shape index (κ3) is 6.14. The molecule has 1 heterocycles. The van der Waals surface area contributed by atoms with Gasteiger partial charge in [-0.25, -0.2) is 18.8 Å². The zero-order chi connectivity index (χ0) is 25.1. The van der Waals surface area contributed by atoms with Crippen LogP contribution in [-0.2, 0) is 21.0 Å². The minimum absolute atomic E-state index is 0.0977. The van der Waals surface area contributed by atoms with Gasteiger partial charge in [0.25, 0.3) is 5.91 Å². The summed E-state index contributed by atoms with van der Waals surface area (Å²) in [6, 6.07) is 10.5. The molecule has 0 unspecified atom stereocenters. The molecular weight excluding hydrogens is 497 g/mol. The maximum absolute atomic E-state index is 13.0. The van der Waals surface area contributed by atoms with Crippen LogP contribution in [0, 0.1) is 0 Å². The van der Waals surface area contributed by atoms with Crippen LogP contribution in [0.4, 0.5) is 18.9 Å². The number of nitrogens with zero attached hydrogens (tertiary/aromatic N) is 3. The Morgan fingerprint density at radius 1 is 1.24 bits per heavy atom. The molecule has 0 saturated carbocycles. The number of pyridine rings is 1. The number of hydrogen-bond acceptors (Lipinski definition) is 6. The summed E-state index contributed by atoms with van der Waals surface area (Å²) in [4.78, 5) is 16.5. The number of fused-ring (bicyclic) bond motifs is 1. The Morgan fingerprint density at radius 3 is 2.62 bits per heavy atom. The monoisotopic (exact) mass is 514 g/mol. The zero-order valence-corrected chi connectivity index (χ0v) is 19.4. The molecule has 3 rings (SSSR count). The van der Waals surface area contributed by atoms with Gasteiger partial charge in [-0.3, -0.25) is 9.10 Å². The highest BCUT2D eigenvalue weighted by Gasteiger charge is 2.32. The number of nitrogens with one attached hydrogen (secondary N) is 1. The second kappa shape index (κ2) is 9.85. The highest BCUT2D eigenvalue weighted by atomic mass is 35.5. The van der Waals surface area contributed by atoms with Crippen LogP contribution in [0.5, 0.6) is 5.75 Å². The smallest absolute Gasteiger partial charge is 0.416 e. The van der Waals surface area contributed by atoms with Crippen molar-refractivity contribution >= 4 is 50.3 Å². The van der Waals surface area contributed by atoms with Crippen molar-refractivity contribution in [3.8, 4) is 5.75 Å². The van der Waals surface area contributed by atoms with Crippen molar-refractivity contribution in [1.82, 2.24) is 10.4 Å². The van der Waals surface area contributed by atoms with Crippen molar-refractivity contribution in [3.05, 3.63) is 64.8 Å². The molecule has 180 valence electrons. The van der Waals surface area contributed by atoms with Crippen LogP contribution in [0.15, 0.2) is 53.6 Å². The van der Waals surface area contributed by atoms with Crippen LogP contribution in [0.2, 0.25) is 5.15 Å². The van der Waals surface area contributed by atoms with Gasteiger partial charge in [0.15, 0.2) is 0 Å². The Morgan fingerprint density at radius 2 is 1.97 bits per heavy atom. The van der Waals surface area contributed by atoms with Crippen LogP contribution in [0.3, 0.4) is 0 Å². The number of alkyl halides is 3. The van der Waals surface area contributed by atoms with Gasteiger partial charge in [0.05, 0.1) is 36.3 Å². The summed E-state index contributed by atoms with van der Waals surface area (Å²) in [5.74, 6) is -0.283. The van der Waals surface area contributed by atoms with Gasteiger partial charge in [-0.15, -0.1) is 0 Å². The molecule has 1 N–H and O–H groups in total. The summed E-state index contributed by atoms with van der Waals surface area (Å²) in [6.07, 6.45) is -2.69. The van der Waals surface area contributed by atoms with Gasteiger partial charge in [0.2, 0.25) is 10.0 Å². The first kappa shape index (κ1) is 25.2. The number of halogens is 4. The minimum Gasteiger partial charge on any atom is -0.497 e. The maximum Gasteiger partial charge on any atom is 0.416 e. The SMILES string of the molecule is COc1ccc2cc(/C=N\NC(=O)CN(c3cccc(C(F)(F)F)c3)S(C)(=O)=O)c(Cl)nc2c1. The van der Waals surface area contributed by atoms with E-state index in [1.165, 1.54) is 13.3 Å². The standard InChI is InChI=1S/C21H18ClF3N4O4S/c1-33-17-7-6-13-8-14(20(22)27-18(13)10-17)11-26-28-19(30)12-29(34(2,31)32)16-5-3-4-15(9-16)21(23,24)25/h3-11H,12H2,1-2H3,(H,28,30)/b26-11-. The molecular formula is C21H18ClF3N4O4S. The summed E-state index contributed by atoms with van der Waals surface area (Å²) < 4.78 is 68.9. The van der Waals surface area contributed by atoms with E-state index in [1.54, 1.807) is 24.3 Å².